The highest BCUT2D eigenvalue weighted by atomic mass is 79.9. The van der Waals surface area contributed by atoms with E-state index < -0.39 is 5.69 Å². The van der Waals surface area contributed by atoms with Crippen LogP contribution in [0, 0.1) is 0 Å². The van der Waals surface area contributed by atoms with Gasteiger partial charge in [-0.3, -0.25) is 9.78 Å². The van der Waals surface area contributed by atoms with Crippen LogP contribution in [0.4, 0.5) is 0 Å². The van der Waals surface area contributed by atoms with Gasteiger partial charge in [0, 0.05) is 17.5 Å². The fourth-order valence-corrected chi connectivity index (χ4v) is 0.790. The summed E-state index contributed by atoms with van der Waals surface area (Å²) < 4.78 is 0. The normalized spacial score (nSPS) is 8.13. The summed E-state index contributed by atoms with van der Waals surface area (Å²) in [5.41, 5.74) is 4.44. The average Bonchev–Trinajstić information content (AvgIpc) is 2.03. The monoisotopic (exact) mass is 313 g/mol. The lowest BCUT2D eigenvalue weighted by Gasteiger charge is -1.89. The van der Waals surface area contributed by atoms with Crippen LogP contribution in [0.3, 0.4) is 0 Å². The molecule has 0 aliphatic carbocycles. The Balaban J connectivity index is 0. The van der Waals surface area contributed by atoms with Gasteiger partial charge in [-0.05, 0) is 6.92 Å². The topological polar surface area (TPSA) is 91.7 Å². The highest BCUT2D eigenvalue weighted by molar-refractivity contribution is 8.93. The third-order valence-corrected chi connectivity index (χ3v) is 1.41. The minimum atomic E-state index is -0.490. The van der Waals surface area contributed by atoms with E-state index in [0.29, 0.717) is 16.3 Å². The third kappa shape index (κ3) is 8.40. The van der Waals surface area contributed by atoms with Crippen LogP contribution in [-0.2, 0) is 5.75 Å². The average molecular weight is 314 g/mol. The van der Waals surface area contributed by atoms with Gasteiger partial charge < -0.3 is 10.7 Å². The van der Waals surface area contributed by atoms with Crippen LogP contribution in [-0.4, -0.2) is 15.0 Å². The number of hydrogen-bond donors (Lipinski definition) is 4. The molecule has 0 aromatic carbocycles. The zero-order valence-electron chi connectivity index (χ0n) is 7.94. The summed E-state index contributed by atoms with van der Waals surface area (Å²) in [7, 11) is 0. The number of thiocarbonyl (C=S) groups is 1. The van der Waals surface area contributed by atoms with E-state index in [-0.39, 0.29) is 22.5 Å². The maximum absolute atomic E-state index is 10.7. The quantitative estimate of drug-likeness (QED) is 0.445. The van der Waals surface area contributed by atoms with Gasteiger partial charge in [-0.2, -0.15) is 12.6 Å². The molecule has 1 aromatic heterocycles. The summed E-state index contributed by atoms with van der Waals surface area (Å²) in [5.74, 6) is 0.326. The number of hydrogen-bond acceptors (Lipinski definition) is 4. The summed E-state index contributed by atoms with van der Waals surface area (Å²) in [6.07, 6.45) is 1.36. The fraction of sp³-hybridized carbons (Fsp3) is 0.286. The maximum atomic E-state index is 10.7. The zero-order valence-corrected chi connectivity index (χ0v) is 11.4. The van der Waals surface area contributed by atoms with Crippen molar-refractivity contribution in [2.75, 3.05) is 0 Å². The predicted molar refractivity (Wildman–Crippen MR) is 73.2 cm³/mol. The highest BCUT2D eigenvalue weighted by Crippen LogP contribution is 1.88. The van der Waals surface area contributed by atoms with Gasteiger partial charge >= 0.3 is 5.69 Å². The van der Waals surface area contributed by atoms with Crippen molar-refractivity contribution in [3.8, 4) is 0 Å². The van der Waals surface area contributed by atoms with Crippen LogP contribution in [0.25, 0.3) is 0 Å². The Morgan fingerprint density at radius 1 is 1.60 bits per heavy atom. The van der Waals surface area contributed by atoms with Crippen molar-refractivity contribution in [1.82, 2.24) is 9.97 Å². The number of H-pyrrole nitrogens is 2. The number of aromatic nitrogens is 2. The lowest BCUT2D eigenvalue weighted by Crippen LogP contribution is -2.23. The van der Waals surface area contributed by atoms with Crippen LogP contribution in [0.15, 0.2) is 15.8 Å². The van der Waals surface area contributed by atoms with Gasteiger partial charge in [-0.15, -0.1) is 17.0 Å². The molecule has 0 bridgehead atoms. The number of thiol groups is 1. The van der Waals surface area contributed by atoms with Crippen molar-refractivity contribution in [3.05, 3.63) is 32.6 Å². The molecule has 0 amide bonds. The van der Waals surface area contributed by atoms with Crippen molar-refractivity contribution >= 4 is 46.8 Å². The smallest absolute Gasteiger partial charge is 0.325 e. The first-order chi connectivity index (χ1) is 6.47. The molecule has 0 atom stereocenters. The van der Waals surface area contributed by atoms with Crippen molar-refractivity contribution in [3.63, 3.8) is 0 Å². The fourth-order valence-electron chi connectivity index (χ4n) is 0.555. The van der Waals surface area contributed by atoms with E-state index in [2.05, 4.69) is 34.8 Å². The molecule has 0 unspecified atom stereocenters. The Morgan fingerprint density at radius 2 is 2.07 bits per heavy atom. The molecule has 15 heavy (non-hydrogen) atoms. The Hall–Kier alpha value is -0.600. The Bertz CT molecular complexity index is 411. The molecule has 0 fully saturated rings. The molecule has 1 aromatic rings. The van der Waals surface area contributed by atoms with Gasteiger partial charge in [0.25, 0.3) is 5.56 Å². The van der Waals surface area contributed by atoms with E-state index in [0.717, 1.165) is 0 Å². The number of nitrogens with two attached hydrogens (primary N) is 1. The molecule has 5 nitrogen and oxygen atoms in total. The third-order valence-electron chi connectivity index (χ3n) is 1.07. The molecule has 86 valence electrons. The largest absolute Gasteiger partial charge is 0.394 e. The van der Waals surface area contributed by atoms with E-state index in [1.54, 1.807) is 6.92 Å². The van der Waals surface area contributed by atoms with Crippen molar-refractivity contribution < 1.29 is 0 Å². The van der Waals surface area contributed by atoms with Crippen LogP contribution >= 0.6 is 41.8 Å². The first-order valence-electron chi connectivity index (χ1n) is 3.65. The van der Waals surface area contributed by atoms with Gasteiger partial charge in [0.15, 0.2) is 0 Å². The van der Waals surface area contributed by atoms with Crippen LogP contribution in [0.1, 0.15) is 12.5 Å². The van der Waals surface area contributed by atoms with E-state index in [1.807, 2.05) is 0 Å². The Kier molecular flexibility index (Phi) is 9.74. The molecule has 0 saturated carbocycles. The van der Waals surface area contributed by atoms with Crippen molar-refractivity contribution in [2.45, 2.75) is 12.7 Å². The summed E-state index contributed by atoms with van der Waals surface area (Å²) in [6.45, 7) is 1.68. The van der Waals surface area contributed by atoms with Crippen molar-refractivity contribution in [1.29, 1.82) is 0 Å². The summed E-state index contributed by atoms with van der Waals surface area (Å²) in [5, 5.41) is 0. The molecule has 0 saturated heterocycles. The zero-order chi connectivity index (χ0) is 11.1. The predicted octanol–water partition coefficient (Wildman–Crippen LogP) is 0.363. The molecular weight excluding hydrogens is 302 g/mol. The first kappa shape index (κ1) is 16.8. The summed E-state index contributed by atoms with van der Waals surface area (Å²) in [4.78, 5) is 26.1. The number of aromatic amines is 2. The molecule has 1 heterocycles. The van der Waals surface area contributed by atoms with Gasteiger partial charge in [-0.1, -0.05) is 12.2 Å². The minimum absolute atomic E-state index is 0. The number of rotatable bonds is 1. The second kappa shape index (κ2) is 8.69. The SMILES string of the molecule is Br.CC(N)=S.O=c1[nH]cc(CS)c(=O)[nH]1. The number of nitrogens with one attached hydrogen (secondary N) is 2. The molecule has 0 spiro atoms. The van der Waals surface area contributed by atoms with E-state index in [1.165, 1.54) is 6.20 Å². The second-order valence-corrected chi connectivity index (χ2v) is 3.33. The Morgan fingerprint density at radius 3 is 2.40 bits per heavy atom. The van der Waals surface area contributed by atoms with Crippen LogP contribution in [0.2, 0.25) is 0 Å². The van der Waals surface area contributed by atoms with Gasteiger partial charge in [0.2, 0.25) is 0 Å². The van der Waals surface area contributed by atoms with Gasteiger partial charge in [-0.25, -0.2) is 4.79 Å². The highest BCUT2D eigenvalue weighted by Gasteiger charge is 1.94. The molecule has 1 rings (SSSR count). The number of halogens is 1. The molecule has 8 heteroatoms. The van der Waals surface area contributed by atoms with Crippen molar-refractivity contribution in [2.24, 2.45) is 5.73 Å². The van der Waals surface area contributed by atoms with E-state index >= 15 is 0 Å². The summed E-state index contributed by atoms with van der Waals surface area (Å²) in [6, 6.07) is 0. The molecule has 0 aliphatic rings. The first-order valence-corrected chi connectivity index (χ1v) is 4.69. The minimum Gasteiger partial charge on any atom is -0.394 e. The van der Waals surface area contributed by atoms with Gasteiger partial charge in [0.1, 0.15) is 0 Å². The van der Waals surface area contributed by atoms with E-state index in [4.69, 9.17) is 5.73 Å². The van der Waals surface area contributed by atoms with E-state index in [9.17, 15) is 9.59 Å². The standard InChI is InChI=1S/C5H6N2O2S.C2H5NS.BrH/c8-4-3(2-10)1-6-5(9)7-4;1-2(3)4;/h1,10H,2H2,(H2,6,7,8,9);1H3,(H2,3,4);1H. The summed E-state index contributed by atoms with van der Waals surface area (Å²) >= 11 is 8.19. The lowest BCUT2D eigenvalue weighted by molar-refractivity contribution is 1.00. The molecular formula is C7H12BrN3O2S2. The van der Waals surface area contributed by atoms with Gasteiger partial charge in [0.05, 0.1) is 4.99 Å². The molecule has 0 radical (unpaired) electrons. The second-order valence-electron chi connectivity index (χ2n) is 2.37. The van der Waals surface area contributed by atoms with Crippen LogP contribution < -0.4 is 17.0 Å². The Labute approximate surface area is 108 Å². The molecule has 4 N–H and O–H groups in total. The van der Waals surface area contributed by atoms with Crippen LogP contribution in [0.5, 0.6) is 0 Å². The molecule has 0 aliphatic heterocycles. The lowest BCUT2D eigenvalue weighted by atomic mass is 10.4. The maximum Gasteiger partial charge on any atom is 0.325 e.